The van der Waals surface area contributed by atoms with Crippen molar-refractivity contribution in [2.75, 3.05) is 13.2 Å². The van der Waals surface area contributed by atoms with E-state index >= 15 is 0 Å². The number of ether oxygens (including phenoxy) is 4. The highest BCUT2D eigenvalue weighted by Gasteiger charge is 2.56. The molecule has 10 heteroatoms. The summed E-state index contributed by atoms with van der Waals surface area (Å²) < 4.78 is 21.7. The molecule has 0 spiro atoms. The molecular formula is C30H35NO9. The lowest BCUT2D eigenvalue weighted by Gasteiger charge is -2.22. The zero-order valence-electron chi connectivity index (χ0n) is 22.6. The number of aliphatic carboxylic acids is 1. The van der Waals surface area contributed by atoms with E-state index in [1.165, 1.54) is 0 Å². The molecular weight excluding hydrogens is 518 g/mol. The van der Waals surface area contributed by atoms with Crippen LogP contribution in [-0.2, 0) is 51.0 Å². The van der Waals surface area contributed by atoms with E-state index in [0.717, 1.165) is 11.1 Å². The number of rotatable bonds is 13. The van der Waals surface area contributed by atoms with Gasteiger partial charge in [0.15, 0.2) is 18.0 Å². The number of fused-ring (bicyclic) bond motifs is 1. The maximum Gasteiger partial charge on any atom is 0.338 e. The molecule has 5 atom stereocenters. The fourth-order valence-electron chi connectivity index (χ4n) is 5.03. The predicted molar refractivity (Wildman–Crippen MR) is 142 cm³/mol. The van der Waals surface area contributed by atoms with Gasteiger partial charge in [-0.05, 0) is 44.2 Å². The van der Waals surface area contributed by atoms with E-state index in [9.17, 15) is 24.3 Å². The number of cyclic esters (lactones) is 1. The maximum atomic E-state index is 13.2. The van der Waals surface area contributed by atoms with Crippen molar-refractivity contribution in [3.63, 3.8) is 0 Å². The minimum atomic E-state index is -0.965. The lowest BCUT2D eigenvalue weighted by atomic mass is 9.85. The van der Waals surface area contributed by atoms with Crippen molar-refractivity contribution in [1.29, 1.82) is 0 Å². The Morgan fingerprint density at radius 1 is 0.950 bits per heavy atom. The largest absolute Gasteiger partial charge is 0.481 e. The summed E-state index contributed by atoms with van der Waals surface area (Å²) in [5, 5.41) is 12.7. The molecule has 0 radical (unpaired) electrons. The molecule has 1 amide bonds. The second-order valence-corrected chi connectivity index (χ2v) is 10.6. The van der Waals surface area contributed by atoms with E-state index in [1.807, 2.05) is 60.7 Å². The summed E-state index contributed by atoms with van der Waals surface area (Å²) in [4.78, 5) is 49.6. The van der Waals surface area contributed by atoms with Crippen LogP contribution in [0.4, 0.5) is 0 Å². The average molecular weight is 554 g/mol. The summed E-state index contributed by atoms with van der Waals surface area (Å²) in [5.41, 5.74) is 1.80. The molecule has 0 saturated carbocycles. The second kappa shape index (κ2) is 13.1. The summed E-state index contributed by atoms with van der Waals surface area (Å²) in [7, 11) is 0. The number of carboxylic acids is 1. The van der Waals surface area contributed by atoms with E-state index in [0.29, 0.717) is 12.8 Å². The summed E-state index contributed by atoms with van der Waals surface area (Å²) in [6.07, 6.45) is -1.57. The van der Waals surface area contributed by atoms with E-state index < -0.39 is 53.8 Å². The zero-order valence-corrected chi connectivity index (χ0v) is 22.6. The SMILES string of the molecule is CC1(C)O[C@@H]2[C@@H](COC(=O)CCNC(=O)[C@H](Cc3ccccc3)C[C@@H](Cc3ccccc3)C(=O)O)OC(=O)[C@@H]2O1. The summed E-state index contributed by atoms with van der Waals surface area (Å²) in [5.74, 6) is -4.73. The molecule has 0 bridgehead atoms. The van der Waals surface area contributed by atoms with Crippen LogP contribution >= 0.6 is 0 Å². The third-order valence-electron chi connectivity index (χ3n) is 6.97. The van der Waals surface area contributed by atoms with Gasteiger partial charge in [0.1, 0.15) is 12.7 Å². The highest BCUT2D eigenvalue weighted by atomic mass is 16.8. The highest BCUT2D eigenvalue weighted by Crippen LogP contribution is 2.36. The number of benzene rings is 2. The van der Waals surface area contributed by atoms with Gasteiger partial charge in [0.2, 0.25) is 5.91 Å². The second-order valence-electron chi connectivity index (χ2n) is 10.6. The minimum Gasteiger partial charge on any atom is -0.481 e. The molecule has 2 fully saturated rings. The first-order chi connectivity index (χ1) is 19.1. The van der Waals surface area contributed by atoms with Crippen LogP contribution in [-0.4, -0.2) is 66.2 Å². The smallest absolute Gasteiger partial charge is 0.338 e. The summed E-state index contributed by atoms with van der Waals surface area (Å²) in [6, 6.07) is 18.7. The molecule has 2 aliphatic rings. The molecule has 2 aromatic rings. The third kappa shape index (κ3) is 7.89. The monoisotopic (exact) mass is 553 g/mol. The lowest BCUT2D eigenvalue weighted by Crippen LogP contribution is -2.36. The van der Waals surface area contributed by atoms with Gasteiger partial charge in [0.25, 0.3) is 0 Å². The van der Waals surface area contributed by atoms with Crippen LogP contribution in [0.2, 0.25) is 0 Å². The van der Waals surface area contributed by atoms with E-state index in [2.05, 4.69) is 5.32 Å². The maximum absolute atomic E-state index is 13.2. The van der Waals surface area contributed by atoms with Crippen molar-refractivity contribution in [2.24, 2.45) is 11.8 Å². The van der Waals surface area contributed by atoms with Gasteiger partial charge < -0.3 is 29.4 Å². The third-order valence-corrected chi connectivity index (χ3v) is 6.97. The molecule has 10 nitrogen and oxygen atoms in total. The molecule has 40 heavy (non-hydrogen) atoms. The normalized spacial score (nSPS) is 22.6. The van der Waals surface area contributed by atoms with Gasteiger partial charge in [-0.3, -0.25) is 14.4 Å². The zero-order chi connectivity index (χ0) is 28.7. The van der Waals surface area contributed by atoms with Crippen molar-refractivity contribution in [3.8, 4) is 0 Å². The van der Waals surface area contributed by atoms with Crippen LogP contribution in [0.15, 0.2) is 60.7 Å². The number of hydrogen-bond acceptors (Lipinski definition) is 8. The van der Waals surface area contributed by atoms with Gasteiger partial charge in [-0.1, -0.05) is 60.7 Å². The Bertz CT molecular complexity index is 1180. The van der Waals surface area contributed by atoms with Crippen molar-refractivity contribution >= 4 is 23.8 Å². The molecule has 2 saturated heterocycles. The van der Waals surface area contributed by atoms with Gasteiger partial charge in [0.05, 0.1) is 12.3 Å². The topological polar surface area (TPSA) is 137 Å². The van der Waals surface area contributed by atoms with Gasteiger partial charge in [-0.2, -0.15) is 0 Å². The molecule has 2 N–H and O–H groups in total. The van der Waals surface area contributed by atoms with Crippen LogP contribution in [0.3, 0.4) is 0 Å². The Balaban J connectivity index is 1.29. The molecule has 0 unspecified atom stereocenters. The minimum absolute atomic E-state index is 0.0164. The van der Waals surface area contributed by atoms with E-state index in [1.54, 1.807) is 13.8 Å². The molecule has 4 rings (SSSR count). The fraction of sp³-hybridized carbons (Fsp3) is 0.467. The van der Waals surface area contributed by atoms with Gasteiger partial charge in [-0.15, -0.1) is 0 Å². The van der Waals surface area contributed by atoms with Gasteiger partial charge in [0, 0.05) is 12.5 Å². The number of nitrogens with one attached hydrogen (secondary N) is 1. The number of carbonyl (C=O) groups is 4. The van der Waals surface area contributed by atoms with Crippen molar-refractivity contribution in [2.45, 2.75) is 63.6 Å². The Morgan fingerprint density at radius 3 is 2.15 bits per heavy atom. The highest BCUT2D eigenvalue weighted by molar-refractivity contribution is 5.81. The summed E-state index contributed by atoms with van der Waals surface area (Å²) in [6.45, 7) is 3.21. The number of amides is 1. The quantitative estimate of drug-likeness (QED) is 0.359. The number of carbonyl (C=O) groups excluding carboxylic acids is 3. The lowest BCUT2D eigenvalue weighted by molar-refractivity contribution is -0.191. The van der Waals surface area contributed by atoms with Crippen molar-refractivity contribution < 1.29 is 43.2 Å². The Morgan fingerprint density at radius 2 is 1.55 bits per heavy atom. The number of carboxylic acid groups (broad SMARTS) is 1. The molecule has 2 aromatic carbocycles. The molecule has 0 aliphatic carbocycles. The first-order valence-corrected chi connectivity index (χ1v) is 13.4. The molecule has 2 heterocycles. The Hall–Kier alpha value is -3.76. The fourth-order valence-corrected chi connectivity index (χ4v) is 5.03. The van der Waals surface area contributed by atoms with Gasteiger partial charge in [-0.25, -0.2) is 4.79 Å². The first kappa shape index (κ1) is 29.2. The van der Waals surface area contributed by atoms with Crippen LogP contribution in [0.25, 0.3) is 0 Å². The molecule has 214 valence electrons. The van der Waals surface area contributed by atoms with Crippen molar-refractivity contribution in [1.82, 2.24) is 5.32 Å². The van der Waals surface area contributed by atoms with E-state index in [-0.39, 0.29) is 31.9 Å². The average Bonchev–Trinajstić information content (AvgIpc) is 3.40. The van der Waals surface area contributed by atoms with Crippen LogP contribution in [0, 0.1) is 11.8 Å². The van der Waals surface area contributed by atoms with Crippen LogP contribution < -0.4 is 5.32 Å². The Labute approximate surface area is 232 Å². The standard InChI is InChI=1S/C30H35NO9/c1-30(2)39-25-23(38-29(36)26(25)40-30)18-37-24(32)13-14-31-27(33)21(15-19-9-5-3-6-10-19)17-22(28(34)35)16-20-11-7-4-8-12-20/h3-12,21-23,25-26H,13-18H2,1-2H3,(H,31,33)(H,34,35)/t21-,22-,23-,25-,26-/m1/s1. The summed E-state index contributed by atoms with van der Waals surface area (Å²) >= 11 is 0. The first-order valence-electron chi connectivity index (χ1n) is 13.4. The molecule has 2 aliphatic heterocycles. The predicted octanol–water partition coefficient (Wildman–Crippen LogP) is 2.67. The Kier molecular flexibility index (Phi) is 9.54. The van der Waals surface area contributed by atoms with Gasteiger partial charge >= 0.3 is 17.9 Å². The number of hydrogen-bond donors (Lipinski definition) is 2. The van der Waals surface area contributed by atoms with Crippen molar-refractivity contribution in [3.05, 3.63) is 71.8 Å². The van der Waals surface area contributed by atoms with E-state index in [4.69, 9.17) is 18.9 Å². The number of esters is 2. The molecule has 0 aromatic heterocycles. The van der Waals surface area contributed by atoms with Crippen LogP contribution in [0.5, 0.6) is 0 Å². The van der Waals surface area contributed by atoms with Crippen LogP contribution in [0.1, 0.15) is 37.8 Å².